The molecule has 111 valence electrons. The zero-order valence-electron chi connectivity index (χ0n) is 10.9. The molecule has 7 heteroatoms. The van der Waals surface area contributed by atoms with E-state index in [9.17, 15) is 12.8 Å². The maximum Gasteiger partial charge on any atom is 0.0355 e. The number of nitrogens with zero attached hydrogens (tertiary/aromatic N) is 1. The molecular formula is C14H10ClFNNpO2S-3. The van der Waals surface area contributed by atoms with Gasteiger partial charge in [-0.1, -0.05) is 34.7 Å². The van der Waals surface area contributed by atoms with E-state index in [1.165, 1.54) is 18.2 Å². The van der Waals surface area contributed by atoms with E-state index in [2.05, 4.69) is 6.07 Å². The zero-order chi connectivity index (χ0) is 15.1. The Bertz CT molecular complexity index is 667. The minimum absolute atomic E-state index is 0. The van der Waals surface area contributed by atoms with Crippen LogP contribution in [0.2, 0.25) is 0 Å². The third-order valence-electron chi connectivity index (χ3n) is 2.23. The van der Waals surface area contributed by atoms with E-state index in [0.29, 0.717) is 4.90 Å². The third kappa shape index (κ3) is 7.21. The first kappa shape index (κ1) is 20.3. The number of hydrogen-bond acceptors (Lipinski definition) is 3. The summed E-state index contributed by atoms with van der Waals surface area (Å²) in [5.74, 6) is -0.574. The molecule has 0 atom stereocenters. The average molecular weight is 548 g/mol. The fourth-order valence-electron chi connectivity index (χ4n) is 1.22. The molecular weight excluding hydrogens is 538 g/mol. The van der Waals surface area contributed by atoms with Crippen molar-refractivity contribution in [3.63, 3.8) is 0 Å². The molecule has 0 bridgehead atoms. The van der Waals surface area contributed by atoms with Crippen LogP contribution in [0.1, 0.15) is 11.1 Å². The molecule has 0 saturated carbocycles. The van der Waals surface area contributed by atoms with Crippen LogP contribution >= 0.6 is 11.6 Å². The van der Waals surface area contributed by atoms with E-state index in [1.807, 2.05) is 6.92 Å². The third-order valence-corrected chi connectivity index (χ3v) is 3.07. The summed E-state index contributed by atoms with van der Waals surface area (Å²) in [5, 5.41) is 8.04. The van der Waals surface area contributed by atoms with Crippen LogP contribution in [0.5, 0.6) is 0 Å². The van der Waals surface area contributed by atoms with E-state index in [-0.39, 0.29) is 35.5 Å². The molecule has 0 heterocycles. The van der Waals surface area contributed by atoms with E-state index in [4.69, 9.17) is 17.0 Å². The van der Waals surface area contributed by atoms with Gasteiger partial charge in [0.15, 0.2) is 0 Å². The normalized spacial score (nSPS) is 9.33. The molecule has 0 N–H and O–H groups in total. The molecule has 0 aliphatic rings. The SMILES string of the molecule is Cc1ccc([S-](=O)=O)cc1.[N-]=C(Cl)c1[c-]cccc1F.[Np]. The Morgan fingerprint density at radius 2 is 1.81 bits per heavy atom. The summed E-state index contributed by atoms with van der Waals surface area (Å²) < 4.78 is 33.2. The Hall–Kier alpha value is -0.707. The van der Waals surface area contributed by atoms with Gasteiger partial charge in [-0.2, -0.15) is 16.8 Å². The van der Waals surface area contributed by atoms with Gasteiger partial charge >= 0.3 is 0 Å². The van der Waals surface area contributed by atoms with Gasteiger partial charge in [0.25, 0.3) is 0 Å². The van der Waals surface area contributed by atoms with Crippen molar-refractivity contribution in [3.8, 4) is 0 Å². The van der Waals surface area contributed by atoms with Crippen LogP contribution in [0, 0.1) is 48.7 Å². The molecule has 3 nitrogen and oxygen atoms in total. The second kappa shape index (κ2) is 10.1. The molecule has 2 aromatic rings. The van der Waals surface area contributed by atoms with Crippen molar-refractivity contribution in [2.45, 2.75) is 11.8 Å². The van der Waals surface area contributed by atoms with Crippen LogP contribution in [0.4, 0.5) is 4.39 Å². The van der Waals surface area contributed by atoms with Crippen LogP contribution in [0.25, 0.3) is 5.41 Å². The van der Waals surface area contributed by atoms with Gasteiger partial charge < -0.3 is 13.8 Å². The maximum atomic E-state index is 12.5. The molecule has 0 aliphatic heterocycles. The molecule has 0 aromatic heterocycles. The van der Waals surface area contributed by atoms with Gasteiger partial charge in [0.1, 0.15) is 0 Å². The predicted molar refractivity (Wildman–Crippen MR) is 76.7 cm³/mol. The Morgan fingerprint density at radius 1 is 1.24 bits per heavy atom. The van der Waals surface area contributed by atoms with Gasteiger partial charge in [0.05, 0.1) is 0 Å². The maximum absolute atomic E-state index is 12.5. The van der Waals surface area contributed by atoms with Crippen molar-refractivity contribution < 1.29 is 42.8 Å². The Morgan fingerprint density at radius 3 is 2.19 bits per heavy atom. The summed E-state index contributed by atoms with van der Waals surface area (Å²) in [6.07, 6.45) is 0. The van der Waals surface area contributed by atoms with E-state index in [1.54, 1.807) is 24.3 Å². The van der Waals surface area contributed by atoms with Gasteiger partial charge in [-0.25, -0.2) is 0 Å². The fraction of sp³-hybridized carbons (Fsp3) is 0.0714. The smallest absolute Gasteiger partial charge is 0.0355 e. The zero-order valence-corrected chi connectivity index (χ0v) is 16.2. The van der Waals surface area contributed by atoms with Crippen LogP contribution in [-0.2, 0) is 19.1 Å². The second-order valence-electron chi connectivity index (χ2n) is 3.73. The number of hydrogen-bond donors (Lipinski definition) is 0. The molecule has 21 heavy (non-hydrogen) atoms. The molecule has 0 unspecified atom stereocenters. The first-order valence-corrected chi connectivity index (χ1v) is 6.91. The Labute approximate surface area is 152 Å². The first-order chi connectivity index (χ1) is 9.41. The summed E-state index contributed by atoms with van der Waals surface area (Å²) in [4.78, 5) is 0.339. The van der Waals surface area contributed by atoms with Gasteiger partial charge in [-0.05, 0) is 17.6 Å². The molecule has 1 radical (unpaired) electrons. The summed E-state index contributed by atoms with van der Waals surface area (Å²) in [6.45, 7) is 1.91. The minimum Gasteiger partial charge on any atom is -0.845 e. The van der Waals surface area contributed by atoms with Crippen molar-refractivity contribution in [3.05, 3.63) is 70.9 Å². The number of rotatable bonds is 2. The van der Waals surface area contributed by atoms with Crippen molar-refractivity contribution in [1.82, 2.24) is 0 Å². The van der Waals surface area contributed by atoms with Crippen molar-refractivity contribution in [2.24, 2.45) is 0 Å². The summed E-state index contributed by atoms with van der Waals surface area (Å²) >= 11 is 5.11. The van der Waals surface area contributed by atoms with Crippen LogP contribution in [-0.4, -0.2) is 5.17 Å². The number of halogens is 2. The second-order valence-corrected chi connectivity index (χ2v) is 5.03. The van der Waals surface area contributed by atoms with Crippen LogP contribution < -0.4 is 0 Å². The van der Waals surface area contributed by atoms with Crippen molar-refractivity contribution >= 4 is 27.5 Å². The molecule has 0 saturated heterocycles. The van der Waals surface area contributed by atoms with E-state index in [0.717, 1.165) is 5.56 Å². The molecule has 0 spiro atoms. The van der Waals surface area contributed by atoms with Gasteiger partial charge in [-0.3, -0.25) is 4.39 Å². The van der Waals surface area contributed by atoms with Crippen molar-refractivity contribution in [1.29, 1.82) is 0 Å². The standard InChI is InChI=1S/C7H3ClFN.C7H7O2S.Np/c8-7(10)5-3-1-2-4-6(5)9;1-6-2-4-7(5-3-6)10(8)9;/h1-2,4H;2-5H,1H3;/q-2;-1;. The largest absolute Gasteiger partial charge is 0.845 e. The minimum atomic E-state index is -2.09. The first-order valence-electron chi connectivity index (χ1n) is 5.45. The monoisotopic (exact) mass is 546 g/mol. The van der Waals surface area contributed by atoms with Gasteiger partial charge in [0.2, 0.25) is 0 Å². The van der Waals surface area contributed by atoms with Gasteiger partial charge in [0, 0.05) is 35.8 Å². The Balaban J connectivity index is 0.000000364. The molecule has 2 aromatic carbocycles. The molecule has 0 amide bonds. The molecule has 0 fully saturated rings. The fourth-order valence-corrected chi connectivity index (χ4v) is 1.73. The number of benzene rings is 2. The topological polar surface area (TPSA) is 56.4 Å². The summed E-state index contributed by atoms with van der Waals surface area (Å²) in [7, 11) is -2.09. The molecule has 2 rings (SSSR count). The molecule has 0 aliphatic carbocycles. The van der Waals surface area contributed by atoms with Crippen LogP contribution in [0.15, 0.2) is 47.4 Å². The summed E-state index contributed by atoms with van der Waals surface area (Å²) in [6, 6.07) is 13.3. The number of aryl methyl sites for hydroxylation is 1. The van der Waals surface area contributed by atoms with Crippen LogP contribution in [0.3, 0.4) is 0 Å². The summed E-state index contributed by atoms with van der Waals surface area (Å²) in [5.41, 5.74) is 0.971. The van der Waals surface area contributed by atoms with E-state index >= 15 is 0 Å². The van der Waals surface area contributed by atoms with E-state index < -0.39 is 21.7 Å². The van der Waals surface area contributed by atoms with Crippen molar-refractivity contribution in [2.75, 3.05) is 0 Å². The quantitative estimate of drug-likeness (QED) is 0.326. The predicted octanol–water partition coefficient (Wildman–Crippen LogP) is 3.84. The average Bonchev–Trinajstić information content (AvgIpc) is 2.40. The van der Waals surface area contributed by atoms with Gasteiger partial charge in [-0.15, -0.1) is 29.8 Å². The Kier molecular flexibility index (Phi) is 9.75.